The molecule has 3 aromatic carbocycles. The lowest BCUT2D eigenvalue weighted by molar-refractivity contribution is 0.0955. The van der Waals surface area contributed by atoms with Gasteiger partial charge in [0.1, 0.15) is 6.61 Å². The number of amides is 1. The van der Waals surface area contributed by atoms with Crippen molar-refractivity contribution in [1.82, 2.24) is 5.43 Å². The molecule has 1 amide bonds. The van der Waals surface area contributed by atoms with Gasteiger partial charge < -0.3 is 9.47 Å². The molecule has 0 fully saturated rings. The van der Waals surface area contributed by atoms with Crippen LogP contribution in [0, 0.1) is 0 Å². The SMILES string of the molecule is COc1cc(C=NNC(=O)c2ccc(Cl)cc2Cl)ccc1OCc1ccccc1. The number of methoxy groups -OCH3 is 1. The Morgan fingerprint density at radius 2 is 1.83 bits per heavy atom. The van der Waals surface area contributed by atoms with Gasteiger partial charge in [0, 0.05) is 5.02 Å². The van der Waals surface area contributed by atoms with Crippen LogP contribution in [0.25, 0.3) is 0 Å². The second kappa shape index (κ2) is 9.96. The monoisotopic (exact) mass is 428 g/mol. The van der Waals surface area contributed by atoms with Crippen molar-refractivity contribution in [2.45, 2.75) is 6.61 Å². The number of nitrogens with one attached hydrogen (secondary N) is 1. The standard InChI is InChI=1S/C22H18Cl2N2O3/c1-28-21-11-16(7-10-20(21)29-14-15-5-3-2-4-6-15)13-25-26-22(27)18-9-8-17(23)12-19(18)24/h2-13H,14H2,1H3,(H,26,27). The van der Waals surface area contributed by atoms with Gasteiger partial charge in [-0.05, 0) is 47.5 Å². The Bertz CT molecular complexity index is 1020. The number of carbonyl (C=O) groups is 1. The molecule has 148 valence electrons. The van der Waals surface area contributed by atoms with Crippen LogP contribution in [0.3, 0.4) is 0 Å². The van der Waals surface area contributed by atoms with E-state index in [9.17, 15) is 4.79 Å². The molecule has 0 saturated carbocycles. The highest BCUT2D eigenvalue weighted by atomic mass is 35.5. The lowest BCUT2D eigenvalue weighted by atomic mass is 10.2. The highest BCUT2D eigenvalue weighted by Gasteiger charge is 2.10. The Labute approximate surface area is 178 Å². The van der Waals surface area contributed by atoms with E-state index in [1.54, 1.807) is 25.3 Å². The molecule has 0 bridgehead atoms. The number of hydrogen-bond acceptors (Lipinski definition) is 4. The normalized spacial score (nSPS) is 10.7. The first-order chi connectivity index (χ1) is 14.1. The maximum absolute atomic E-state index is 12.2. The van der Waals surface area contributed by atoms with Crippen molar-refractivity contribution in [1.29, 1.82) is 0 Å². The zero-order valence-corrected chi connectivity index (χ0v) is 17.1. The summed E-state index contributed by atoms with van der Waals surface area (Å²) in [5, 5.41) is 4.68. The molecule has 0 aromatic heterocycles. The molecule has 3 aromatic rings. The number of hydrogen-bond donors (Lipinski definition) is 1. The fraction of sp³-hybridized carbons (Fsp3) is 0.0909. The van der Waals surface area contributed by atoms with E-state index in [-0.39, 0.29) is 10.6 Å². The second-order valence-electron chi connectivity index (χ2n) is 6.01. The van der Waals surface area contributed by atoms with Crippen LogP contribution in [-0.4, -0.2) is 19.2 Å². The van der Waals surface area contributed by atoms with Crippen LogP contribution in [0.2, 0.25) is 10.0 Å². The minimum atomic E-state index is -0.433. The molecule has 1 N–H and O–H groups in total. The molecular formula is C22H18Cl2N2O3. The van der Waals surface area contributed by atoms with Gasteiger partial charge in [0.05, 0.1) is 23.9 Å². The fourth-order valence-electron chi connectivity index (χ4n) is 2.52. The van der Waals surface area contributed by atoms with Crippen LogP contribution in [-0.2, 0) is 6.61 Å². The number of ether oxygens (including phenoxy) is 2. The van der Waals surface area contributed by atoms with Crippen molar-refractivity contribution >= 4 is 35.3 Å². The van der Waals surface area contributed by atoms with Crippen molar-refractivity contribution in [3.63, 3.8) is 0 Å². The van der Waals surface area contributed by atoms with E-state index >= 15 is 0 Å². The summed E-state index contributed by atoms with van der Waals surface area (Å²) in [6.07, 6.45) is 1.51. The maximum Gasteiger partial charge on any atom is 0.272 e. The summed E-state index contributed by atoms with van der Waals surface area (Å²) in [7, 11) is 1.57. The van der Waals surface area contributed by atoms with Gasteiger partial charge in [-0.15, -0.1) is 0 Å². The van der Waals surface area contributed by atoms with Crippen LogP contribution in [0.5, 0.6) is 11.5 Å². The molecule has 0 spiro atoms. The lowest BCUT2D eigenvalue weighted by Gasteiger charge is -2.11. The molecule has 0 heterocycles. The zero-order valence-electron chi connectivity index (χ0n) is 15.6. The van der Waals surface area contributed by atoms with E-state index in [0.717, 1.165) is 11.1 Å². The first-order valence-electron chi connectivity index (χ1n) is 8.70. The van der Waals surface area contributed by atoms with Gasteiger partial charge in [-0.3, -0.25) is 4.79 Å². The number of nitrogens with zero attached hydrogens (tertiary/aromatic N) is 1. The van der Waals surface area contributed by atoms with Gasteiger partial charge in [-0.2, -0.15) is 5.10 Å². The summed E-state index contributed by atoms with van der Waals surface area (Å²) in [5.74, 6) is 0.750. The predicted octanol–water partition coefficient (Wildman–Crippen LogP) is 5.34. The smallest absolute Gasteiger partial charge is 0.272 e. The molecule has 0 unspecified atom stereocenters. The Morgan fingerprint density at radius 1 is 1.03 bits per heavy atom. The molecule has 7 heteroatoms. The Balaban J connectivity index is 1.64. The second-order valence-corrected chi connectivity index (χ2v) is 6.85. The summed E-state index contributed by atoms with van der Waals surface area (Å²) < 4.78 is 11.2. The molecule has 0 saturated heterocycles. The average molecular weight is 429 g/mol. The predicted molar refractivity (Wildman–Crippen MR) is 115 cm³/mol. The topological polar surface area (TPSA) is 59.9 Å². The summed E-state index contributed by atoms with van der Waals surface area (Å²) >= 11 is 11.9. The quantitative estimate of drug-likeness (QED) is 0.407. The molecule has 0 aliphatic heterocycles. The molecule has 29 heavy (non-hydrogen) atoms. The van der Waals surface area contributed by atoms with E-state index in [4.69, 9.17) is 32.7 Å². The molecule has 0 atom stereocenters. The van der Waals surface area contributed by atoms with Crippen molar-refractivity contribution in [2.24, 2.45) is 5.10 Å². The molecule has 3 rings (SSSR count). The van der Waals surface area contributed by atoms with E-state index in [1.165, 1.54) is 18.3 Å². The third kappa shape index (κ3) is 5.73. The first kappa shape index (κ1) is 20.7. The molecule has 0 radical (unpaired) electrons. The summed E-state index contributed by atoms with van der Waals surface area (Å²) in [6, 6.07) is 19.9. The Morgan fingerprint density at radius 3 is 2.55 bits per heavy atom. The minimum absolute atomic E-state index is 0.256. The fourth-order valence-corrected chi connectivity index (χ4v) is 3.01. The minimum Gasteiger partial charge on any atom is -0.493 e. The highest BCUT2D eigenvalue weighted by molar-refractivity contribution is 6.36. The first-order valence-corrected chi connectivity index (χ1v) is 9.45. The number of carbonyl (C=O) groups excluding carboxylic acids is 1. The van der Waals surface area contributed by atoms with E-state index in [2.05, 4.69) is 10.5 Å². The third-order valence-electron chi connectivity index (χ3n) is 3.98. The van der Waals surface area contributed by atoms with Crippen LogP contribution in [0.4, 0.5) is 0 Å². The molecular weight excluding hydrogens is 411 g/mol. The van der Waals surface area contributed by atoms with Crippen LogP contribution in [0.15, 0.2) is 71.8 Å². The van der Waals surface area contributed by atoms with Gasteiger partial charge in [0.15, 0.2) is 11.5 Å². The number of halogens is 2. The van der Waals surface area contributed by atoms with Gasteiger partial charge in [0.2, 0.25) is 0 Å². The van der Waals surface area contributed by atoms with Crippen molar-refractivity contribution in [3.8, 4) is 11.5 Å². The zero-order chi connectivity index (χ0) is 20.6. The molecule has 0 aliphatic carbocycles. The maximum atomic E-state index is 12.2. The number of rotatable bonds is 7. The van der Waals surface area contributed by atoms with Crippen molar-refractivity contribution < 1.29 is 14.3 Å². The molecule has 0 aliphatic rings. The molecule has 5 nitrogen and oxygen atoms in total. The van der Waals surface area contributed by atoms with Gasteiger partial charge in [-0.1, -0.05) is 53.5 Å². The number of benzene rings is 3. The Hall–Kier alpha value is -3.02. The van der Waals surface area contributed by atoms with Crippen LogP contribution < -0.4 is 14.9 Å². The van der Waals surface area contributed by atoms with Gasteiger partial charge in [-0.25, -0.2) is 5.43 Å². The van der Waals surface area contributed by atoms with Crippen molar-refractivity contribution in [2.75, 3.05) is 7.11 Å². The summed E-state index contributed by atoms with van der Waals surface area (Å²) in [4.78, 5) is 12.2. The number of hydrazone groups is 1. The highest BCUT2D eigenvalue weighted by Crippen LogP contribution is 2.28. The van der Waals surface area contributed by atoms with E-state index in [1.807, 2.05) is 36.4 Å². The van der Waals surface area contributed by atoms with Crippen LogP contribution in [0.1, 0.15) is 21.5 Å². The van der Waals surface area contributed by atoms with Crippen LogP contribution >= 0.6 is 23.2 Å². The van der Waals surface area contributed by atoms with Gasteiger partial charge in [0.25, 0.3) is 5.91 Å². The Kier molecular flexibility index (Phi) is 7.11. The summed E-state index contributed by atoms with van der Waals surface area (Å²) in [5.41, 5.74) is 4.52. The van der Waals surface area contributed by atoms with E-state index in [0.29, 0.717) is 23.1 Å². The van der Waals surface area contributed by atoms with Crippen molar-refractivity contribution in [3.05, 3.63) is 93.5 Å². The van der Waals surface area contributed by atoms with E-state index < -0.39 is 5.91 Å². The lowest BCUT2D eigenvalue weighted by Crippen LogP contribution is -2.18. The average Bonchev–Trinajstić information content (AvgIpc) is 2.73. The largest absolute Gasteiger partial charge is 0.493 e. The third-order valence-corrected chi connectivity index (χ3v) is 4.53. The van der Waals surface area contributed by atoms with Gasteiger partial charge >= 0.3 is 0 Å². The summed E-state index contributed by atoms with van der Waals surface area (Å²) in [6.45, 7) is 0.433.